The second-order valence-corrected chi connectivity index (χ2v) is 14.4. The molecule has 12 aromatic rings. The molecule has 8 aromatic carbocycles. The minimum absolute atomic E-state index is 0.537. The fourth-order valence-corrected chi connectivity index (χ4v) is 8.66. The molecular formula is C51H31N5O. The molecule has 4 aromatic heterocycles. The zero-order valence-corrected chi connectivity index (χ0v) is 30.5. The monoisotopic (exact) mass is 729 g/mol. The molecule has 0 radical (unpaired) electrons. The van der Waals surface area contributed by atoms with Crippen LogP contribution in [-0.2, 0) is 0 Å². The molecule has 0 N–H and O–H groups in total. The predicted octanol–water partition coefficient (Wildman–Crippen LogP) is 13.0. The van der Waals surface area contributed by atoms with Crippen LogP contribution in [0.5, 0.6) is 0 Å². The third kappa shape index (κ3) is 4.87. The quantitative estimate of drug-likeness (QED) is 0.177. The van der Waals surface area contributed by atoms with Crippen molar-refractivity contribution in [2.75, 3.05) is 0 Å². The Kier molecular flexibility index (Phi) is 6.83. The van der Waals surface area contributed by atoms with E-state index in [-0.39, 0.29) is 0 Å². The molecule has 0 aliphatic heterocycles. The topological polar surface area (TPSA) is 61.7 Å². The average Bonchev–Trinajstić information content (AvgIpc) is 3.94. The average molecular weight is 730 g/mol. The molecule has 0 fully saturated rings. The summed E-state index contributed by atoms with van der Waals surface area (Å²) in [4.78, 5) is 16.0. The number of hydrogen-bond donors (Lipinski definition) is 0. The van der Waals surface area contributed by atoms with E-state index in [1.54, 1.807) is 0 Å². The molecule has 266 valence electrons. The van der Waals surface area contributed by atoms with Crippen LogP contribution < -0.4 is 0 Å². The van der Waals surface area contributed by atoms with Gasteiger partial charge in [0.25, 0.3) is 0 Å². The number of fused-ring (bicyclic) bond motifs is 9. The van der Waals surface area contributed by atoms with E-state index in [1.807, 2.05) is 36.4 Å². The van der Waals surface area contributed by atoms with Crippen molar-refractivity contribution in [2.45, 2.75) is 0 Å². The molecule has 6 nitrogen and oxygen atoms in total. The third-order valence-electron chi connectivity index (χ3n) is 11.2. The summed E-state index contributed by atoms with van der Waals surface area (Å²) >= 11 is 0. The molecule has 0 amide bonds. The molecule has 4 heterocycles. The second-order valence-electron chi connectivity index (χ2n) is 14.4. The number of furan rings is 1. The number of hydrogen-bond acceptors (Lipinski definition) is 4. The van der Waals surface area contributed by atoms with Gasteiger partial charge >= 0.3 is 0 Å². The molecule has 12 rings (SSSR count). The van der Waals surface area contributed by atoms with Gasteiger partial charge in [0.1, 0.15) is 11.2 Å². The Morgan fingerprint density at radius 1 is 0.351 bits per heavy atom. The highest BCUT2D eigenvalue weighted by molar-refractivity contribution is 6.13. The lowest BCUT2D eigenvalue weighted by molar-refractivity contribution is 0.669. The molecular weight excluding hydrogens is 699 g/mol. The van der Waals surface area contributed by atoms with Crippen molar-refractivity contribution < 1.29 is 4.42 Å². The Morgan fingerprint density at radius 3 is 1.67 bits per heavy atom. The fourth-order valence-electron chi connectivity index (χ4n) is 8.66. The molecule has 0 saturated heterocycles. The van der Waals surface area contributed by atoms with Crippen LogP contribution in [-0.4, -0.2) is 24.1 Å². The van der Waals surface area contributed by atoms with Crippen LogP contribution in [0.1, 0.15) is 0 Å². The van der Waals surface area contributed by atoms with Crippen molar-refractivity contribution >= 4 is 65.6 Å². The van der Waals surface area contributed by atoms with E-state index in [0.717, 1.165) is 82.7 Å². The van der Waals surface area contributed by atoms with Crippen molar-refractivity contribution in [3.63, 3.8) is 0 Å². The zero-order chi connectivity index (χ0) is 37.5. The van der Waals surface area contributed by atoms with E-state index in [2.05, 4.69) is 161 Å². The molecule has 0 aliphatic rings. The van der Waals surface area contributed by atoms with E-state index in [4.69, 9.17) is 19.4 Å². The molecule has 0 spiro atoms. The number of rotatable bonds is 5. The Morgan fingerprint density at radius 2 is 0.912 bits per heavy atom. The van der Waals surface area contributed by atoms with E-state index in [9.17, 15) is 0 Å². The molecule has 0 atom stereocenters. The van der Waals surface area contributed by atoms with Crippen molar-refractivity contribution in [1.82, 2.24) is 24.1 Å². The Bertz CT molecular complexity index is 3490. The summed E-state index contributed by atoms with van der Waals surface area (Å²) in [7, 11) is 0. The Labute approximate surface area is 326 Å². The largest absolute Gasteiger partial charge is 0.456 e. The second kappa shape index (κ2) is 12.3. The molecule has 57 heavy (non-hydrogen) atoms. The number of benzene rings is 8. The highest BCUT2D eigenvalue weighted by Gasteiger charge is 2.22. The van der Waals surface area contributed by atoms with Crippen molar-refractivity contribution in [2.24, 2.45) is 0 Å². The summed E-state index contributed by atoms with van der Waals surface area (Å²) in [5, 5.41) is 6.68. The lowest BCUT2D eigenvalue weighted by atomic mass is 10.0. The number of nitrogens with zero attached hydrogens (tertiary/aromatic N) is 5. The van der Waals surface area contributed by atoms with Crippen molar-refractivity contribution in [3.8, 4) is 45.5 Å². The molecule has 0 saturated carbocycles. The normalized spacial score (nSPS) is 11.9. The van der Waals surface area contributed by atoms with Gasteiger partial charge in [0, 0.05) is 49.1 Å². The predicted molar refractivity (Wildman–Crippen MR) is 232 cm³/mol. The molecule has 6 heteroatoms. The van der Waals surface area contributed by atoms with E-state index in [1.165, 1.54) is 10.8 Å². The number of para-hydroxylation sites is 4. The van der Waals surface area contributed by atoms with Gasteiger partial charge in [0.2, 0.25) is 5.95 Å². The fraction of sp³-hybridized carbons (Fsp3) is 0. The Hall–Kier alpha value is -7.83. The summed E-state index contributed by atoms with van der Waals surface area (Å²) in [6.45, 7) is 0. The van der Waals surface area contributed by atoms with Gasteiger partial charge in [-0.1, -0.05) is 140 Å². The van der Waals surface area contributed by atoms with E-state index in [0.29, 0.717) is 17.6 Å². The molecule has 0 aliphatic carbocycles. The first-order chi connectivity index (χ1) is 28.3. The maximum absolute atomic E-state index is 6.34. The van der Waals surface area contributed by atoms with Crippen LogP contribution in [0.3, 0.4) is 0 Å². The van der Waals surface area contributed by atoms with E-state index >= 15 is 0 Å². The minimum Gasteiger partial charge on any atom is -0.456 e. The van der Waals surface area contributed by atoms with Crippen LogP contribution in [0.15, 0.2) is 192 Å². The maximum Gasteiger partial charge on any atom is 0.238 e. The molecule has 0 bridgehead atoms. The van der Waals surface area contributed by atoms with Crippen LogP contribution >= 0.6 is 0 Å². The van der Waals surface area contributed by atoms with Crippen LogP contribution in [0, 0.1) is 0 Å². The van der Waals surface area contributed by atoms with Crippen LogP contribution in [0.25, 0.3) is 111 Å². The van der Waals surface area contributed by atoms with Gasteiger partial charge in [0.05, 0.1) is 22.1 Å². The maximum atomic E-state index is 6.34. The number of aromatic nitrogens is 5. The van der Waals surface area contributed by atoms with Gasteiger partial charge in [-0.2, -0.15) is 9.97 Å². The van der Waals surface area contributed by atoms with Gasteiger partial charge in [-0.3, -0.25) is 4.57 Å². The van der Waals surface area contributed by atoms with Crippen LogP contribution in [0.2, 0.25) is 0 Å². The minimum atomic E-state index is 0.537. The lowest BCUT2D eigenvalue weighted by Gasteiger charge is -2.13. The lowest BCUT2D eigenvalue weighted by Crippen LogP contribution is -2.07. The van der Waals surface area contributed by atoms with Crippen molar-refractivity contribution in [3.05, 3.63) is 188 Å². The first-order valence-corrected chi connectivity index (χ1v) is 19.1. The zero-order valence-electron chi connectivity index (χ0n) is 30.5. The van der Waals surface area contributed by atoms with Gasteiger partial charge in [-0.15, -0.1) is 0 Å². The first-order valence-electron chi connectivity index (χ1n) is 19.1. The SMILES string of the molecule is c1ccc(-c2cccc(-c3nc(-c4cccc5oc6ccccc6c45)nc(-n4c5ccccc5c5ccc(-n6c7ccccc7c7ccccc76)cc54)n3)c2)cc1. The van der Waals surface area contributed by atoms with Gasteiger partial charge < -0.3 is 8.98 Å². The molecule has 0 unspecified atom stereocenters. The third-order valence-corrected chi connectivity index (χ3v) is 11.2. The highest BCUT2D eigenvalue weighted by atomic mass is 16.3. The Balaban J connectivity index is 1.15. The first kappa shape index (κ1) is 31.5. The summed E-state index contributed by atoms with van der Waals surface area (Å²) < 4.78 is 10.9. The summed E-state index contributed by atoms with van der Waals surface area (Å²) in [5.74, 6) is 1.69. The smallest absolute Gasteiger partial charge is 0.238 e. The van der Waals surface area contributed by atoms with Crippen LogP contribution in [0.4, 0.5) is 0 Å². The standard InChI is InChI=1S/C51H31N5O/c1-2-14-32(15-3-1)33-16-12-17-34(30-33)49-52-50(41-22-13-27-47-48(41)40-21-7-11-26-46(40)57-47)54-51(53-49)56-44-25-10-6-20-38(44)39-29-28-35(31-45(39)56)55-42-23-8-4-18-36(42)37-19-5-9-24-43(37)55/h1-31H. The van der Waals surface area contributed by atoms with E-state index < -0.39 is 0 Å². The van der Waals surface area contributed by atoms with Crippen molar-refractivity contribution in [1.29, 1.82) is 0 Å². The summed E-state index contributed by atoms with van der Waals surface area (Å²) in [6.07, 6.45) is 0. The van der Waals surface area contributed by atoms with Gasteiger partial charge in [-0.05, 0) is 59.7 Å². The van der Waals surface area contributed by atoms with Gasteiger partial charge in [0.15, 0.2) is 11.6 Å². The van der Waals surface area contributed by atoms with Gasteiger partial charge in [-0.25, -0.2) is 4.98 Å². The summed E-state index contributed by atoms with van der Waals surface area (Å²) in [6, 6.07) is 65.6. The summed E-state index contributed by atoms with van der Waals surface area (Å²) in [5.41, 5.74) is 11.0. The highest BCUT2D eigenvalue weighted by Crippen LogP contribution is 2.39.